The predicted octanol–water partition coefficient (Wildman–Crippen LogP) is 0.395. The molecule has 0 saturated carbocycles. The van der Waals surface area contributed by atoms with E-state index in [0.717, 1.165) is 0 Å². The van der Waals surface area contributed by atoms with Crippen LogP contribution in [0.3, 0.4) is 0 Å². The minimum atomic E-state index is -0.159. The Hall–Kier alpha value is -1.07. The number of halogens is 1. The Kier molecular flexibility index (Phi) is 5.03. The molecule has 5 nitrogen and oxygen atoms in total. The fourth-order valence-electron chi connectivity index (χ4n) is 0.870. The highest BCUT2D eigenvalue weighted by Gasteiger charge is 2.04. The lowest BCUT2D eigenvalue weighted by Crippen LogP contribution is -2.27. The van der Waals surface area contributed by atoms with E-state index in [0.29, 0.717) is 31.2 Å². The van der Waals surface area contributed by atoms with Crippen molar-refractivity contribution in [2.24, 2.45) is 0 Å². The molecule has 0 aromatic carbocycles. The normalized spacial score (nSPS) is 10.1. The zero-order valence-electron chi connectivity index (χ0n) is 7.62. The van der Waals surface area contributed by atoms with Crippen LogP contribution in [0.15, 0.2) is 12.4 Å². The second-order valence-electron chi connectivity index (χ2n) is 2.54. The van der Waals surface area contributed by atoms with Gasteiger partial charge in [0, 0.05) is 18.6 Å². The Morgan fingerprint density at radius 1 is 1.64 bits per heavy atom. The number of carbonyl (C=O) groups is 1. The quantitative estimate of drug-likeness (QED) is 0.535. The lowest BCUT2D eigenvalue weighted by Gasteiger charge is -2.03. The molecule has 0 spiro atoms. The lowest BCUT2D eigenvalue weighted by atomic mass is 10.3. The Morgan fingerprint density at radius 3 is 3.14 bits per heavy atom. The smallest absolute Gasteiger partial charge is 0.254 e. The number of nitrogens with one attached hydrogen (secondary N) is 2. The van der Waals surface area contributed by atoms with Gasteiger partial charge in [-0.3, -0.25) is 9.89 Å². The minimum absolute atomic E-state index is 0.159. The maximum atomic E-state index is 11.3. The Balaban J connectivity index is 2.10. The van der Waals surface area contributed by atoms with Crippen LogP contribution in [0.5, 0.6) is 0 Å². The molecule has 14 heavy (non-hydrogen) atoms. The summed E-state index contributed by atoms with van der Waals surface area (Å²) in [4.78, 5) is 11.3. The molecule has 1 amide bonds. The van der Waals surface area contributed by atoms with Gasteiger partial charge in [0.2, 0.25) is 0 Å². The molecule has 0 unspecified atom stereocenters. The maximum Gasteiger partial charge on any atom is 0.254 e. The average molecular weight is 218 g/mol. The molecule has 0 radical (unpaired) electrons. The third kappa shape index (κ3) is 3.76. The van der Waals surface area contributed by atoms with Crippen LogP contribution in [-0.2, 0) is 4.74 Å². The number of nitrogens with zero attached hydrogens (tertiary/aromatic N) is 1. The number of H-pyrrole nitrogens is 1. The predicted molar refractivity (Wildman–Crippen MR) is 52.5 cm³/mol. The fraction of sp³-hybridized carbons (Fsp3) is 0.500. The summed E-state index contributed by atoms with van der Waals surface area (Å²) < 4.78 is 5.08. The van der Waals surface area contributed by atoms with Gasteiger partial charge >= 0.3 is 0 Å². The van der Waals surface area contributed by atoms with Gasteiger partial charge < -0.3 is 10.1 Å². The monoisotopic (exact) mass is 217 g/mol. The van der Waals surface area contributed by atoms with Gasteiger partial charge in [-0.05, 0) is 0 Å². The Labute approximate surface area is 86.8 Å². The van der Waals surface area contributed by atoms with E-state index in [4.69, 9.17) is 16.3 Å². The standard InChI is InChI=1S/C8H12ClN3O2/c9-1-3-14-4-2-10-8(13)7-5-11-12-6-7/h5-6H,1-4H2,(H,10,13)(H,11,12). The molecule has 2 N–H and O–H groups in total. The van der Waals surface area contributed by atoms with Gasteiger partial charge in [-0.2, -0.15) is 5.10 Å². The van der Waals surface area contributed by atoms with Gasteiger partial charge in [-0.1, -0.05) is 0 Å². The summed E-state index contributed by atoms with van der Waals surface area (Å²) >= 11 is 5.40. The van der Waals surface area contributed by atoms with E-state index in [1.54, 1.807) is 0 Å². The summed E-state index contributed by atoms with van der Waals surface area (Å²) in [5, 5.41) is 8.91. The number of aromatic nitrogens is 2. The van der Waals surface area contributed by atoms with Crippen molar-refractivity contribution in [1.82, 2.24) is 15.5 Å². The molecule has 78 valence electrons. The first-order valence-corrected chi connectivity index (χ1v) is 4.78. The van der Waals surface area contributed by atoms with Crippen molar-refractivity contribution in [1.29, 1.82) is 0 Å². The highest BCUT2D eigenvalue weighted by atomic mass is 35.5. The molecule has 1 aromatic rings. The van der Waals surface area contributed by atoms with Crippen LogP contribution in [-0.4, -0.2) is 41.7 Å². The molecule has 1 heterocycles. The van der Waals surface area contributed by atoms with E-state index < -0.39 is 0 Å². The summed E-state index contributed by atoms with van der Waals surface area (Å²) in [5.74, 6) is 0.309. The average Bonchev–Trinajstić information content (AvgIpc) is 2.70. The van der Waals surface area contributed by atoms with Gasteiger partial charge in [0.1, 0.15) is 0 Å². The number of hydrogen-bond donors (Lipinski definition) is 2. The Morgan fingerprint density at radius 2 is 2.50 bits per heavy atom. The van der Waals surface area contributed by atoms with Crippen molar-refractivity contribution < 1.29 is 9.53 Å². The summed E-state index contributed by atoms with van der Waals surface area (Å²) in [6, 6.07) is 0. The maximum absolute atomic E-state index is 11.3. The molecule has 0 atom stereocenters. The van der Waals surface area contributed by atoms with Crippen molar-refractivity contribution in [3.8, 4) is 0 Å². The van der Waals surface area contributed by atoms with Crippen molar-refractivity contribution >= 4 is 17.5 Å². The zero-order valence-corrected chi connectivity index (χ0v) is 8.38. The molecule has 0 aliphatic carbocycles. The number of amides is 1. The number of alkyl halides is 1. The highest BCUT2D eigenvalue weighted by molar-refractivity contribution is 6.17. The van der Waals surface area contributed by atoms with E-state index >= 15 is 0 Å². The van der Waals surface area contributed by atoms with Gasteiger partial charge in [-0.25, -0.2) is 0 Å². The van der Waals surface area contributed by atoms with Crippen LogP contribution >= 0.6 is 11.6 Å². The van der Waals surface area contributed by atoms with Crippen LogP contribution in [0, 0.1) is 0 Å². The molecule has 1 aromatic heterocycles. The summed E-state index contributed by atoms with van der Waals surface area (Å²) in [5.41, 5.74) is 0.516. The largest absolute Gasteiger partial charge is 0.378 e. The van der Waals surface area contributed by atoms with Gasteiger partial charge in [0.05, 0.1) is 25.0 Å². The summed E-state index contributed by atoms with van der Waals surface area (Å²) in [6.07, 6.45) is 3.00. The molecule has 0 saturated heterocycles. The topological polar surface area (TPSA) is 67.0 Å². The minimum Gasteiger partial charge on any atom is -0.378 e. The van der Waals surface area contributed by atoms with Gasteiger partial charge in [-0.15, -0.1) is 11.6 Å². The van der Waals surface area contributed by atoms with Gasteiger partial charge in [0.15, 0.2) is 0 Å². The number of rotatable bonds is 6. The second kappa shape index (κ2) is 6.39. The van der Waals surface area contributed by atoms with Crippen LogP contribution in [0.1, 0.15) is 10.4 Å². The van der Waals surface area contributed by atoms with E-state index in [-0.39, 0.29) is 5.91 Å². The number of carbonyl (C=O) groups excluding carboxylic acids is 1. The summed E-state index contributed by atoms with van der Waals surface area (Å²) in [6.45, 7) is 1.44. The van der Waals surface area contributed by atoms with Crippen molar-refractivity contribution in [2.45, 2.75) is 0 Å². The third-order valence-corrected chi connectivity index (χ3v) is 1.67. The van der Waals surface area contributed by atoms with E-state index in [2.05, 4.69) is 15.5 Å². The SMILES string of the molecule is O=C(NCCOCCCl)c1cn[nH]c1. The molecular formula is C8H12ClN3O2. The number of aromatic amines is 1. The summed E-state index contributed by atoms with van der Waals surface area (Å²) in [7, 11) is 0. The fourth-order valence-corrected chi connectivity index (χ4v) is 0.980. The van der Waals surface area contributed by atoms with Crippen LogP contribution in [0.2, 0.25) is 0 Å². The Bertz CT molecular complexity index is 264. The van der Waals surface area contributed by atoms with E-state index in [1.165, 1.54) is 12.4 Å². The first-order valence-electron chi connectivity index (χ1n) is 4.25. The molecule has 1 rings (SSSR count). The number of hydrogen-bond acceptors (Lipinski definition) is 3. The molecule has 6 heteroatoms. The molecule has 0 aliphatic rings. The van der Waals surface area contributed by atoms with Crippen LogP contribution in [0.25, 0.3) is 0 Å². The zero-order chi connectivity index (χ0) is 10.2. The van der Waals surface area contributed by atoms with Crippen molar-refractivity contribution in [3.05, 3.63) is 18.0 Å². The molecule has 0 fully saturated rings. The van der Waals surface area contributed by atoms with Crippen molar-refractivity contribution in [2.75, 3.05) is 25.6 Å². The molecular weight excluding hydrogens is 206 g/mol. The van der Waals surface area contributed by atoms with E-state index in [1.807, 2.05) is 0 Å². The van der Waals surface area contributed by atoms with Crippen molar-refractivity contribution in [3.63, 3.8) is 0 Å². The lowest BCUT2D eigenvalue weighted by molar-refractivity contribution is 0.0923. The van der Waals surface area contributed by atoms with E-state index in [9.17, 15) is 4.79 Å². The van der Waals surface area contributed by atoms with Gasteiger partial charge in [0.25, 0.3) is 5.91 Å². The second-order valence-corrected chi connectivity index (χ2v) is 2.92. The third-order valence-electron chi connectivity index (χ3n) is 1.51. The van der Waals surface area contributed by atoms with Crippen LogP contribution < -0.4 is 5.32 Å². The molecule has 0 aliphatic heterocycles. The number of ether oxygens (including phenoxy) is 1. The first-order chi connectivity index (χ1) is 6.84. The van der Waals surface area contributed by atoms with Crippen LogP contribution in [0.4, 0.5) is 0 Å². The first kappa shape index (κ1) is 11.0. The molecule has 0 bridgehead atoms. The highest BCUT2D eigenvalue weighted by Crippen LogP contribution is 1.91.